The molecule has 0 fully saturated rings. The van der Waals surface area contributed by atoms with Crippen LogP contribution in [0, 0.1) is 6.92 Å². The Labute approximate surface area is 111 Å². The van der Waals surface area contributed by atoms with Gasteiger partial charge in [0.15, 0.2) is 0 Å². The summed E-state index contributed by atoms with van der Waals surface area (Å²) in [6.07, 6.45) is 0.831. The number of pyridine rings is 1. The molecule has 4 heteroatoms. The van der Waals surface area contributed by atoms with Gasteiger partial charge in [-0.15, -0.1) is 0 Å². The number of aryl methyl sites for hydroxylation is 1. The summed E-state index contributed by atoms with van der Waals surface area (Å²) < 4.78 is 5.30. The molecule has 0 aliphatic carbocycles. The fourth-order valence-corrected chi connectivity index (χ4v) is 2.50. The summed E-state index contributed by atoms with van der Waals surface area (Å²) in [7, 11) is 1.61. The fraction of sp³-hybridized carbons (Fsp3) is 0.308. The molecule has 0 bridgehead atoms. The quantitative estimate of drug-likeness (QED) is 0.805. The maximum absolute atomic E-state index is 6.36. The summed E-state index contributed by atoms with van der Waals surface area (Å²) in [5.74, 6) is 0.695. The first kappa shape index (κ1) is 12.5. The molecule has 0 saturated heterocycles. The van der Waals surface area contributed by atoms with Crippen molar-refractivity contribution in [3.63, 3.8) is 0 Å². The second kappa shape index (κ2) is 4.71. The standard InChI is InChI=1S/C13H13Cl2NO/c1-4-9-7(2)12(15)11-8(14)5-6-10(17-3)13(11)16-9/h5-6H,4H2,1-3H3. The number of ether oxygens (including phenoxy) is 1. The van der Waals surface area contributed by atoms with Gasteiger partial charge in [-0.1, -0.05) is 30.1 Å². The zero-order valence-corrected chi connectivity index (χ0v) is 11.5. The van der Waals surface area contributed by atoms with E-state index in [9.17, 15) is 0 Å². The number of halogens is 2. The second-order valence-electron chi connectivity index (χ2n) is 3.82. The first-order chi connectivity index (χ1) is 8.10. The van der Waals surface area contributed by atoms with Crippen molar-refractivity contribution in [1.29, 1.82) is 0 Å². The Morgan fingerprint density at radius 3 is 2.59 bits per heavy atom. The van der Waals surface area contributed by atoms with Crippen LogP contribution in [-0.4, -0.2) is 12.1 Å². The molecule has 0 aliphatic heterocycles. The highest BCUT2D eigenvalue weighted by Gasteiger charge is 2.15. The Morgan fingerprint density at radius 1 is 1.29 bits per heavy atom. The highest BCUT2D eigenvalue weighted by molar-refractivity contribution is 6.42. The van der Waals surface area contributed by atoms with E-state index in [0.717, 1.165) is 28.6 Å². The van der Waals surface area contributed by atoms with E-state index >= 15 is 0 Å². The maximum atomic E-state index is 6.36. The van der Waals surface area contributed by atoms with Crippen LogP contribution in [0.2, 0.25) is 10.0 Å². The van der Waals surface area contributed by atoms with Gasteiger partial charge < -0.3 is 4.74 Å². The lowest BCUT2D eigenvalue weighted by molar-refractivity contribution is 0.419. The first-order valence-corrected chi connectivity index (χ1v) is 6.16. The molecule has 0 atom stereocenters. The Kier molecular flexibility index (Phi) is 3.45. The van der Waals surface area contributed by atoms with Crippen LogP contribution < -0.4 is 4.74 Å². The Balaban J connectivity index is 2.94. The lowest BCUT2D eigenvalue weighted by Crippen LogP contribution is -1.97. The van der Waals surface area contributed by atoms with E-state index in [2.05, 4.69) is 11.9 Å². The number of aromatic nitrogens is 1. The summed E-state index contributed by atoms with van der Waals surface area (Å²) in [5.41, 5.74) is 2.69. The van der Waals surface area contributed by atoms with E-state index in [1.54, 1.807) is 13.2 Å². The molecule has 0 radical (unpaired) electrons. The summed E-state index contributed by atoms with van der Waals surface area (Å²) in [6.45, 7) is 4.01. The largest absolute Gasteiger partial charge is 0.494 e. The number of methoxy groups -OCH3 is 1. The zero-order chi connectivity index (χ0) is 12.6. The monoisotopic (exact) mass is 269 g/mol. The average molecular weight is 270 g/mol. The molecule has 0 N–H and O–H groups in total. The van der Waals surface area contributed by atoms with E-state index in [4.69, 9.17) is 27.9 Å². The molecular weight excluding hydrogens is 257 g/mol. The van der Waals surface area contributed by atoms with Gasteiger partial charge in [-0.3, -0.25) is 0 Å². The molecule has 1 aromatic heterocycles. The molecule has 2 rings (SSSR count). The van der Waals surface area contributed by atoms with Gasteiger partial charge >= 0.3 is 0 Å². The van der Waals surface area contributed by atoms with Crippen molar-refractivity contribution in [2.45, 2.75) is 20.3 Å². The lowest BCUT2D eigenvalue weighted by Gasteiger charge is -2.12. The first-order valence-electron chi connectivity index (χ1n) is 5.41. The Morgan fingerprint density at radius 2 is 2.00 bits per heavy atom. The molecular formula is C13H13Cl2NO. The molecule has 0 amide bonds. The third-order valence-corrected chi connectivity index (χ3v) is 3.66. The van der Waals surface area contributed by atoms with Gasteiger partial charge in [-0.05, 0) is 31.0 Å². The number of fused-ring (bicyclic) bond motifs is 1. The van der Waals surface area contributed by atoms with Crippen LogP contribution in [0.15, 0.2) is 12.1 Å². The van der Waals surface area contributed by atoms with Crippen LogP contribution in [0.5, 0.6) is 5.75 Å². The number of hydrogen-bond acceptors (Lipinski definition) is 2. The van der Waals surface area contributed by atoms with Crippen molar-refractivity contribution < 1.29 is 4.74 Å². The van der Waals surface area contributed by atoms with Crippen molar-refractivity contribution in [1.82, 2.24) is 4.98 Å². The van der Waals surface area contributed by atoms with Gasteiger partial charge in [0.25, 0.3) is 0 Å². The number of hydrogen-bond donors (Lipinski definition) is 0. The number of rotatable bonds is 2. The lowest BCUT2D eigenvalue weighted by atomic mass is 10.1. The van der Waals surface area contributed by atoms with E-state index in [-0.39, 0.29) is 0 Å². The topological polar surface area (TPSA) is 22.1 Å². The highest BCUT2D eigenvalue weighted by atomic mass is 35.5. The van der Waals surface area contributed by atoms with Gasteiger partial charge in [-0.25, -0.2) is 4.98 Å². The predicted octanol–water partition coefficient (Wildman–Crippen LogP) is 4.42. The molecule has 0 aliphatic rings. The van der Waals surface area contributed by atoms with Crippen molar-refractivity contribution in [2.75, 3.05) is 7.11 Å². The summed E-state index contributed by atoms with van der Waals surface area (Å²) >= 11 is 12.5. The molecule has 1 aromatic carbocycles. The summed E-state index contributed by atoms with van der Waals surface area (Å²) in [4.78, 5) is 4.59. The summed E-state index contributed by atoms with van der Waals surface area (Å²) in [5, 5.41) is 2.03. The highest BCUT2D eigenvalue weighted by Crippen LogP contribution is 2.37. The van der Waals surface area contributed by atoms with Gasteiger partial charge in [-0.2, -0.15) is 0 Å². The van der Waals surface area contributed by atoms with Crippen LogP contribution in [0.4, 0.5) is 0 Å². The van der Waals surface area contributed by atoms with Crippen molar-refractivity contribution in [2.24, 2.45) is 0 Å². The van der Waals surface area contributed by atoms with Crippen molar-refractivity contribution in [3.8, 4) is 5.75 Å². The molecule has 0 spiro atoms. The minimum Gasteiger partial charge on any atom is -0.494 e. The molecule has 0 unspecified atom stereocenters. The van der Waals surface area contributed by atoms with E-state index in [0.29, 0.717) is 15.8 Å². The van der Waals surface area contributed by atoms with Crippen molar-refractivity contribution in [3.05, 3.63) is 33.4 Å². The fourth-order valence-electron chi connectivity index (χ4n) is 1.91. The smallest absolute Gasteiger partial charge is 0.145 e. The van der Waals surface area contributed by atoms with E-state index < -0.39 is 0 Å². The molecule has 90 valence electrons. The third-order valence-electron chi connectivity index (χ3n) is 2.87. The molecule has 2 aromatic rings. The number of benzene rings is 1. The molecule has 2 nitrogen and oxygen atoms in total. The van der Waals surface area contributed by atoms with Crippen LogP contribution in [0.25, 0.3) is 10.9 Å². The molecule has 1 heterocycles. The van der Waals surface area contributed by atoms with Gasteiger partial charge in [0.2, 0.25) is 0 Å². The molecule has 0 saturated carbocycles. The number of nitrogens with zero attached hydrogens (tertiary/aromatic N) is 1. The predicted molar refractivity (Wildman–Crippen MR) is 72.4 cm³/mol. The van der Waals surface area contributed by atoms with Gasteiger partial charge in [0.1, 0.15) is 11.3 Å². The third kappa shape index (κ3) is 1.96. The Hall–Kier alpha value is -0.990. The Bertz CT molecular complexity index is 581. The minimum atomic E-state index is 0.601. The average Bonchev–Trinajstić information content (AvgIpc) is 2.33. The van der Waals surface area contributed by atoms with Crippen LogP contribution >= 0.6 is 23.2 Å². The SMILES string of the molecule is CCc1nc2c(OC)ccc(Cl)c2c(Cl)c1C. The van der Waals surface area contributed by atoms with Crippen LogP contribution in [-0.2, 0) is 6.42 Å². The maximum Gasteiger partial charge on any atom is 0.145 e. The van der Waals surface area contributed by atoms with Crippen LogP contribution in [0.1, 0.15) is 18.2 Å². The molecule has 17 heavy (non-hydrogen) atoms. The van der Waals surface area contributed by atoms with Crippen molar-refractivity contribution >= 4 is 34.1 Å². The van der Waals surface area contributed by atoms with Gasteiger partial charge in [0, 0.05) is 11.1 Å². The van der Waals surface area contributed by atoms with E-state index in [1.165, 1.54) is 0 Å². The normalized spacial score (nSPS) is 10.9. The van der Waals surface area contributed by atoms with E-state index in [1.807, 2.05) is 13.0 Å². The second-order valence-corrected chi connectivity index (χ2v) is 4.61. The van der Waals surface area contributed by atoms with Crippen LogP contribution in [0.3, 0.4) is 0 Å². The van der Waals surface area contributed by atoms with Gasteiger partial charge in [0.05, 0.1) is 17.2 Å². The minimum absolute atomic E-state index is 0.601. The zero-order valence-electron chi connectivity index (χ0n) is 9.97. The summed E-state index contributed by atoms with van der Waals surface area (Å²) in [6, 6.07) is 3.59.